The Morgan fingerprint density at radius 1 is 1.11 bits per heavy atom. The van der Waals surface area contributed by atoms with Crippen molar-refractivity contribution in [2.75, 3.05) is 6.26 Å². The summed E-state index contributed by atoms with van der Waals surface area (Å²) in [6, 6.07) is 9.84. The molecule has 0 atom stereocenters. The maximum Gasteiger partial charge on any atom is 0.282 e. The average Bonchev–Trinajstić information content (AvgIpc) is 3.01. The van der Waals surface area contributed by atoms with Crippen molar-refractivity contribution < 1.29 is 21.6 Å². The zero-order valence-corrected chi connectivity index (χ0v) is 16.7. The molecule has 2 aromatic carbocycles. The summed E-state index contributed by atoms with van der Waals surface area (Å²) in [7, 11) is -3.74. The standard InChI is InChI=1S/C18H14BrF3N2O2S/c1-10-7-12(4-5-13(10)19)24-16(9-15(23-24)18(21)22)11-3-6-17(14(20)8-11)27(2,25)26/h3-9,18H,1-2H3. The molecule has 1 heterocycles. The number of hydrogen-bond acceptors (Lipinski definition) is 3. The maximum atomic E-state index is 14.3. The van der Waals surface area contributed by atoms with Crippen molar-refractivity contribution in [3.63, 3.8) is 0 Å². The highest BCUT2D eigenvalue weighted by molar-refractivity contribution is 9.10. The Bertz CT molecular complexity index is 1130. The van der Waals surface area contributed by atoms with Gasteiger partial charge in [0.25, 0.3) is 6.43 Å². The summed E-state index contributed by atoms with van der Waals surface area (Å²) < 4.78 is 66.0. The zero-order chi connectivity index (χ0) is 19.9. The summed E-state index contributed by atoms with van der Waals surface area (Å²) in [5.74, 6) is -0.951. The molecule has 0 aliphatic heterocycles. The highest BCUT2D eigenvalue weighted by Crippen LogP contribution is 2.31. The van der Waals surface area contributed by atoms with Crippen LogP contribution in [0.15, 0.2) is 51.8 Å². The third-order valence-corrected chi connectivity index (χ3v) is 5.98. The molecular formula is C18H14BrF3N2O2S. The monoisotopic (exact) mass is 458 g/mol. The maximum absolute atomic E-state index is 14.3. The first-order valence-electron chi connectivity index (χ1n) is 7.72. The lowest BCUT2D eigenvalue weighted by molar-refractivity contribution is 0.145. The molecule has 1 aromatic heterocycles. The molecular weight excluding hydrogens is 445 g/mol. The van der Waals surface area contributed by atoms with Crippen LogP contribution < -0.4 is 0 Å². The van der Waals surface area contributed by atoms with Crippen LogP contribution in [0.1, 0.15) is 17.7 Å². The van der Waals surface area contributed by atoms with Crippen LogP contribution in [-0.2, 0) is 9.84 Å². The molecule has 0 unspecified atom stereocenters. The number of halogens is 4. The minimum atomic E-state index is -3.74. The van der Waals surface area contributed by atoms with Crippen molar-refractivity contribution in [3.05, 3.63) is 64.0 Å². The number of sulfone groups is 1. The predicted octanol–water partition coefficient (Wildman–Crippen LogP) is 5.09. The fraction of sp³-hybridized carbons (Fsp3) is 0.167. The normalized spacial score (nSPS) is 12.0. The largest absolute Gasteiger partial charge is 0.282 e. The second kappa shape index (κ2) is 7.12. The van der Waals surface area contributed by atoms with Gasteiger partial charge in [0.2, 0.25) is 0 Å². The Morgan fingerprint density at radius 2 is 1.81 bits per heavy atom. The van der Waals surface area contributed by atoms with Gasteiger partial charge < -0.3 is 0 Å². The second-order valence-corrected chi connectivity index (χ2v) is 8.86. The van der Waals surface area contributed by atoms with E-state index in [2.05, 4.69) is 21.0 Å². The molecule has 0 aliphatic carbocycles. The van der Waals surface area contributed by atoms with Gasteiger partial charge in [0, 0.05) is 16.3 Å². The average molecular weight is 459 g/mol. The van der Waals surface area contributed by atoms with E-state index in [-0.39, 0.29) is 11.3 Å². The van der Waals surface area contributed by atoms with Crippen molar-refractivity contribution in [2.24, 2.45) is 0 Å². The van der Waals surface area contributed by atoms with Gasteiger partial charge in [0.1, 0.15) is 16.4 Å². The first kappa shape index (κ1) is 19.6. The molecule has 3 rings (SSSR count). The molecule has 0 radical (unpaired) electrons. The number of nitrogens with zero attached hydrogens (tertiary/aromatic N) is 2. The van der Waals surface area contributed by atoms with Crippen LogP contribution in [0, 0.1) is 12.7 Å². The van der Waals surface area contributed by atoms with Crippen LogP contribution in [0.25, 0.3) is 16.9 Å². The Hall–Kier alpha value is -2.13. The number of rotatable bonds is 4. The van der Waals surface area contributed by atoms with Gasteiger partial charge in [-0.1, -0.05) is 22.0 Å². The molecule has 3 aromatic rings. The van der Waals surface area contributed by atoms with Gasteiger partial charge in [-0.3, -0.25) is 0 Å². The van der Waals surface area contributed by atoms with E-state index in [0.717, 1.165) is 34.5 Å². The van der Waals surface area contributed by atoms with Crippen LogP contribution in [0.2, 0.25) is 0 Å². The van der Waals surface area contributed by atoms with E-state index in [1.54, 1.807) is 18.2 Å². The van der Waals surface area contributed by atoms with E-state index in [1.165, 1.54) is 10.7 Å². The summed E-state index contributed by atoms with van der Waals surface area (Å²) >= 11 is 3.37. The van der Waals surface area contributed by atoms with Crippen molar-refractivity contribution in [1.29, 1.82) is 0 Å². The Labute approximate surface area is 162 Å². The molecule has 0 N–H and O–H groups in total. The second-order valence-electron chi connectivity index (χ2n) is 6.02. The van der Waals surface area contributed by atoms with Gasteiger partial charge in [-0.25, -0.2) is 26.3 Å². The Kier molecular flexibility index (Phi) is 5.18. The summed E-state index contributed by atoms with van der Waals surface area (Å²) in [5.41, 5.74) is 1.39. The molecule has 4 nitrogen and oxygen atoms in total. The van der Waals surface area contributed by atoms with Crippen LogP contribution in [-0.4, -0.2) is 24.5 Å². The number of alkyl halides is 2. The van der Waals surface area contributed by atoms with Gasteiger partial charge in [0.15, 0.2) is 9.84 Å². The third kappa shape index (κ3) is 3.93. The summed E-state index contributed by atoms with van der Waals surface area (Å²) in [4.78, 5) is -0.453. The molecule has 9 heteroatoms. The zero-order valence-electron chi connectivity index (χ0n) is 14.2. The minimum absolute atomic E-state index is 0.228. The summed E-state index contributed by atoms with van der Waals surface area (Å²) in [6.07, 6.45) is -1.91. The summed E-state index contributed by atoms with van der Waals surface area (Å²) in [6.45, 7) is 1.84. The number of hydrogen-bond donors (Lipinski definition) is 0. The van der Waals surface area contributed by atoms with E-state index in [4.69, 9.17) is 0 Å². The fourth-order valence-corrected chi connectivity index (χ4v) is 3.60. The molecule has 0 bridgehead atoms. The van der Waals surface area contributed by atoms with E-state index in [1.807, 2.05) is 6.92 Å². The topological polar surface area (TPSA) is 52.0 Å². The van der Waals surface area contributed by atoms with Crippen LogP contribution in [0.3, 0.4) is 0 Å². The van der Waals surface area contributed by atoms with Gasteiger partial charge in [-0.05, 0) is 48.9 Å². The first-order valence-corrected chi connectivity index (χ1v) is 10.4. The lowest BCUT2D eigenvalue weighted by Gasteiger charge is -2.10. The molecule has 0 saturated heterocycles. The lowest BCUT2D eigenvalue weighted by Crippen LogP contribution is -2.03. The first-order chi connectivity index (χ1) is 12.6. The fourth-order valence-electron chi connectivity index (χ4n) is 2.63. The van der Waals surface area contributed by atoms with Gasteiger partial charge >= 0.3 is 0 Å². The van der Waals surface area contributed by atoms with Crippen molar-refractivity contribution in [2.45, 2.75) is 18.2 Å². The summed E-state index contributed by atoms with van der Waals surface area (Å²) in [5, 5.41) is 3.94. The smallest absolute Gasteiger partial charge is 0.233 e. The molecule has 0 fully saturated rings. The molecule has 0 amide bonds. The molecule has 27 heavy (non-hydrogen) atoms. The van der Waals surface area contributed by atoms with Crippen LogP contribution in [0.5, 0.6) is 0 Å². The quantitative estimate of drug-likeness (QED) is 0.546. The molecule has 142 valence electrons. The van der Waals surface area contributed by atoms with Crippen molar-refractivity contribution in [1.82, 2.24) is 9.78 Å². The molecule has 0 spiro atoms. The van der Waals surface area contributed by atoms with Crippen molar-refractivity contribution >= 4 is 25.8 Å². The SMILES string of the molecule is Cc1cc(-n2nc(C(F)F)cc2-c2ccc(S(C)(=O)=O)c(F)c2)ccc1Br. The van der Waals surface area contributed by atoms with Crippen molar-refractivity contribution in [3.8, 4) is 16.9 Å². The van der Waals surface area contributed by atoms with Crippen LogP contribution in [0.4, 0.5) is 13.2 Å². The third-order valence-electron chi connectivity index (χ3n) is 3.97. The van der Waals surface area contributed by atoms with Crippen LogP contribution >= 0.6 is 15.9 Å². The van der Waals surface area contributed by atoms with E-state index < -0.39 is 32.7 Å². The number of aromatic nitrogens is 2. The van der Waals surface area contributed by atoms with E-state index >= 15 is 0 Å². The van der Waals surface area contributed by atoms with Gasteiger partial charge in [-0.15, -0.1) is 0 Å². The molecule has 0 saturated carbocycles. The number of aryl methyl sites for hydroxylation is 1. The Morgan fingerprint density at radius 3 is 2.37 bits per heavy atom. The number of benzene rings is 2. The molecule has 0 aliphatic rings. The highest BCUT2D eigenvalue weighted by atomic mass is 79.9. The predicted molar refractivity (Wildman–Crippen MR) is 99.5 cm³/mol. The Balaban J connectivity index is 2.20. The minimum Gasteiger partial charge on any atom is -0.233 e. The highest BCUT2D eigenvalue weighted by Gasteiger charge is 2.20. The lowest BCUT2D eigenvalue weighted by atomic mass is 10.1. The van der Waals surface area contributed by atoms with Gasteiger partial charge in [0.05, 0.1) is 11.4 Å². The van der Waals surface area contributed by atoms with E-state index in [9.17, 15) is 21.6 Å². The van der Waals surface area contributed by atoms with E-state index in [0.29, 0.717) is 5.69 Å². The van der Waals surface area contributed by atoms with Gasteiger partial charge in [-0.2, -0.15) is 5.10 Å².